The highest BCUT2D eigenvalue weighted by atomic mass is 16.5. The van der Waals surface area contributed by atoms with Crippen LogP contribution in [-0.2, 0) is 4.74 Å². The number of ether oxygens (including phenoxy) is 1. The summed E-state index contributed by atoms with van der Waals surface area (Å²) in [6.45, 7) is 0. The molecule has 5 aliphatic rings. The molecule has 1 fully saturated rings. The normalized spacial score (nSPS) is 35.0. The van der Waals surface area contributed by atoms with Crippen molar-refractivity contribution in [3.63, 3.8) is 0 Å². The van der Waals surface area contributed by atoms with Crippen LogP contribution in [0.1, 0.15) is 57.4 Å². The van der Waals surface area contributed by atoms with E-state index in [-0.39, 0.29) is 12.2 Å². The van der Waals surface area contributed by atoms with Gasteiger partial charge in [0.2, 0.25) is 0 Å². The summed E-state index contributed by atoms with van der Waals surface area (Å²) in [4.78, 5) is 0. The summed E-state index contributed by atoms with van der Waals surface area (Å²) in [5, 5.41) is 0. The molecule has 3 aromatic carbocycles. The van der Waals surface area contributed by atoms with Gasteiger partial charge in [-0.05, 0) is 33.4 Å². The van der Waals surface area contributed by atoms with Crippen LogP contribution < -0.4 is 0 Å². The van der Waals surface area contributed by atoms with Gasteiger partial charge in [0.1, 0.15) is 0 Å². The van der Waals surface area contributed by atoms with Crippen molar-refractivity contribution in [3.05, 3.63) is 106 Å². The van der Waals surface area contributed by atoms with Crippen LogP contribution in [0, 0.1) is 11.8 Å². The van der Waals surface area contributed by atoms with Gasteiger partial charge in [-0.1, -0.05) is 72.8 Å². The molecule has 4 bridgehead atoms. The minimum atomic E-state index is 0.264. The molecule has 0 aromatic heterocycles. The average Bonchev–Trinajstić information content (AvgIpc) is 3.26. The zero-order valence-electron chi connectivity index (χ0n) is 13.8. The van der Waals surface area contributed by atoms with Gasteiger partial charge in [-0.3, -0.25) is 0 Å². The quantitative estimate of drug-likeness (QED) is 0.543. The Hall–Kier alpha value is -2.38. The largest absolute Gasteiger partial charge is 0.365 e. The van der Waals surface area contributed by atoms with E-state index in [2.05, 4.69) is 72.8 Å². The lowest BCUT2D eigenvalue weighted by atomic mass is 9.50. The van der Waals surface area contributed by atoms with E-state index in [1.165, 1.54) is 11.1 Å². The third-order valence-electron chi connectivity index (χ3n) is 7.15. The van der Waals surface area contributed by atoms with Crippen molar-refractivity contribution in [3.8, 4) is 0 Å². The van der Waals surface area contributed by atoms with Gasteiger partial charge < -0.3 is 4.74 Å². The zero-order chi connectivity index (χ0) is 16.1. The van der Waals surface area contributed by atoms with Crippen molar-refractivity contribution in [2.75, 3.05) is 0 Å². The second-order valence-electron chi connectivity index (χ2n) is 7.97. The molecule has 1 saturated heterocycles. The molecule has 2 aliphatic heterocycles. The van der Waals surface area contributed by atoms with Gasteiger partial charge in [0.15, 0.2) is 0 Å². The molecule has 3 aromatic rings. The van der Waals surface area contributed by atoms with Crippen LogP contribution in [0.5, 0.6) is 0 Å². The van der Waals surface area contributed by atoms with Gasteiger partial charge in [0.25, 0.3) is 0 Å². The predicted molar refractivity (Wildman–Crippen MR) is 96.6 cm³/mol. The van der Waals surface area contributed by atoms with E-state index in [1.807, 2.05) is 0 Å². The molecule has 120 valence electrons. The molecule has 0 N–H and O–H groups in total. The number of benzene rings is 3. The highest BCUT2D eigenvalue weighted by Crippen LogP contribution is 2.71. The van der Waals surface area contributed by atoms with Gasteiger partial charge in [0, 0.05) is 23.7 Å². The fourth-order valence-electron chi connectivity index (χ4n) is 6.45. The molecule has 1 heteroatoms. The second kappa shape index (κ2) is 4.23. The monoisotopic (exact) mass is 322 g/mol. The minimum Gasteiger partial charge on any atom is -0.365 e. The van der Waals surface area contributed by atoms with Gasteiger partial charge >= 0.3 is 0 Å². The maximum atomic E-state index is 6.63. The summed E-state index contributed by atoms with van der Waals surface area (Å²) in [6, 6.07) is 27.2. The fourth-order valence-corrected chi connectivity index (χ4v) is 6.45. The molecule has 1 nitrogen and oxygen atoms in total. The second-order valence-corrected chi connectivity index (χ2v) is 7.97. The van der Waals surface area contributed by atoms with E-state index in [1.54, 1.807) is 22.3 Å². The fraction of sp³-hybridized carbons (Fsp3) is 0.250. The van der Waals surface area contributed by atoms with Crippen LogP contribution in [0.4, 0.5) is 0 Å². The average molecular weight is 322 g/mol. The van der Waals surface area contributed by atoms with Crippen molar-refractivity contribution in [2.45, 2.75) is 24.0 Å². The number of rotatable bonds is 0. The maximum Gasteiger partial charge on any atom is 0.0878 e. The van der Waals surface area contributed by atoms with Gasteiger partial charge in [0.05, 0.1) is 12.2 Å². The highest BCUT2D eigenvalue weighted by molar-refractivity contribution is 5.59. The Morgan fingerprint density at radius 2 is 0.760 bits per heavy atom. The summed E-state index contributed by atoms with van der Waals surface area (Å²) in [5.74, 6) is 2.11. The first kappa shape index (κ1) is 12.9. The van der Waals surface area contributed by atoms with Crippen molar-refractivity contribution in [1.82, 2.24) is 0 Å². The van der Waals surface area contributed by atoms with Gasteiger partial charge in [-0.2, -0.15) is 0 Å². The number of hydrogen-bond donors (Lipinski definition) is 0. The Morgan fingerprint density at radius 1 is 0.440 bits per heavy atom. The topological polar surface area (TPSA) is 9.23 Å². The standard InChI is InChI=1S/C24H18O/c1-2-8-14-13(7-1)19-15-9-3-4-10-16(15)20(14)22-21(19)23-17-11-5-6-12-18(17)24(22)25-23/h1-12,19-24H/t19?,20?,21-,22-,23+,24+/m1/s1. The Morgan fingerprint density at radius 3 is 1.12 bits per heavy atom. The predicted octanol–water partition coefficient (Wildman–Crippen LogP) is 5.34. The minimum absolute atomic E-state index is 0.264. The number of fused-ring (bicyclic) bond motifs is 5. The van der Waals surface area contributed by atoms with Crippen LogP contribution in [0.15, 0.2) is 72.8 Å². The molecule has 25 heavy (non-hydrogen) atoms. The molecule has 0 radical (unpaired) electrons. The van der Waals surface area contributed by atoms with Crippen LogP contribution in [0.3, 0.4) is 0 Å². The van der Waals surface area contributed by atoms with E-state index in [0.29, 0.717) is 23.7 Å². The molecule has 0 spiro atoms. The first-order chi connectivity index (χ1) is 12.4. The maximum absolute atomic E-state index is 6.63. The summed E-state index contributed by atoms with van der Waals surface area (Å²) >= 11 is 0. The van der Waals surface area contributed by atoms with E-state index in [9.17, 15) is 0 Å². The Balaban J connectivity index is 1.54. The third-order valence-corrected chi connectivity index (χ3v) is 7.15. The molecule has 0 saturated carbocycles. The lowest BCUT2D eigenvalue weighted by Gasteiger charge is -2.51. The van der Waals surface area contributed by atoms with Crippen molar-refractivity contribution in [2.24, 2.45) is 11.8 Å². The molecule has 0 amide bonds. The van der Waals surface area contributed by atoms with Gasteiger partial charge in [-0.15, -0.1) is 0 Å². The third kappa shape index (κ3) is 1.35. The molecule has 0 unspecified atom stereocenters. The molecule has 2 heterocycles. The van der Waals surface area contributed by atoms with E-state index < -0.39 is 0 Å². The van der Waals surface area contributed by atoms with E-state index in [0.717, 1.165) is 0 Å². The molecule has 8 rings (SSSR count). The summed E-state index contributed by atoms with van der Waals surface area (Å²) in [6.07, 6.45) is 0.529. The Kier molecular flexibility index (Phi) is 2.18. The van der Waals surface area contributed by atoms with Crippen LogP contribution in [-0.4, -0.2) is 0 Å². The summed E-state index contributed by atoms with van der Waals surface area (Å²) < 4.78 is 6.63. The lowest BCUT2D eigenvalue weighted by Crippen LogP contribution is -2.42. The van der Waals surface area contributed by atoms with Crippen molar-refractivity contribution in [1.29, 1.82) is 0 Å². The Labute approximate surface area is 147 Å². The lowest BCUT2D eigenvalue weighted by molar-refractivity contribution is 0.0533. The molecule has 3 aliphatic carbocycles. The van der Waals surface area contributed by atoms with Gasteiger partial charge in [-0.25, -0.2) is 0 Å². The van der Waals surface area contributed by atoms with Crippen LogP contribution in [0.25, 0.3) is 0 Å². The zero-order valence-corrected chi connectivity index (χ0v) is 13.8. The highest BCUT2D eigenvalue weighted by Gasteiger charge is 2.62. The molecular formula is C24H18O. The first-order valence-electron chi connectivity index (χ1n) is 9.35. The summed E-state index contributed by atoms with van der Waals surface area (Å²) in [7, 11) is 0. The van der Waals surface area contributed by atoms with E-state index >= 15 is 0 Å². The van der Waals surface area contributed by atoms with E-state index in [4.69, 9.17) is 4.74 Å². The first-order valence-corrected chi connectivity index (χ1v) is 9.35. The molecule has 4 atom stereocenters. The number of hydrogen-bond acceptors (Lipinski definition) is 1. The van der Waals surface area contributed by atoms with Crippen molar-refractivity contribution >= 4 is 0 Å². The smallest absolute Gasteiger partial charge is 0.0878 e. The Bertz CT molecular complexity index is 907. The van der Waals surface area contributed by atoms with Crippen molar-refractivity contribution < 1.29 is 4.74 Å². The van der Waals surface area contributed by atoms with Crippen LogP contribution in [0.2, 0.25) is 0 Å². The van der Waals surface area contributed by atoms with Crippen LogP contribution >= 0.6 is 0 Å². The SMILES string of the molecule is c1ccc2c(c1)C1c3ccccc3C2[C@@H]2[C@@H]1[C@H]1O[C@H]2c2ccccc21. The molecular weight excluding hydrogens is 304 g/mol. The summed E-state index contributed by atoms with van der Waals surface area (Å²) in [5.41, 5.74) is 9.05.